The summed E-state index contributed by atoms with van der Waals surface area (Å²) in [6, 6.07) is 4.53. The Morgan fingerprint density at radius 1 is 1.29 bits per heavy atom. The molecule has 0 amide bonds. The summed E-state index contributed by atoms with van der Waals surface area (Å²) in [7, 11) is 0. The molecule has 0 unspecified atom stereocenters. The molecular formula is C14H10ClFN4S. The number of rotatable bonds is 2. The minimum atomic E-state index is -0.435. The van der Waals surface area contributed by atoms with E-state index in [1.165, 1.54) is 22.8 Å². The third-order valence-corrected chi connectivity index (χ3v) is 4.87. The molecule has 7 heteroatoms. The molecule has 21 heavy (non-hydrogen) atoms. The molecule has 1 aromatic carbocycles. The molecule has 4 nitrogen and oxygen atoms in total. The number of nitrogens with one attached hydrogen (secondary N) is 2. The Morgan fingerprint density at radius 3 is 3.05 bits per heavy atom. The van der Waals surface area contributed by atoms with Crippen LogP contribution in [-0.4, -0.2) is 9.97 Å². The number of fused-ring (bicyclic) bond motifs is 3. The molecule has 0 saturated carbocycles. The fourth-order valence-corrected chi connectivity index (χ4v) is 3.78. The molecule has 1 aliphatic heterocycles. The predicted octanol–water partition coefficient (Wildman–Crippen LogP) is 3.83. The number of thiophene rings is 1. The van der Waals surface area contributed by atoms with Crippen LogP contribution in [-0.2, 0) is 13.1 Å². The van der Waals surface area contributed by atoms with E-state index in [4.69, 9.17) is 11.6 Å². The van der Waals surface area contributed by atoms with Gasteiger partial charge >= 0.3 is 0 Å². The average molecular weight is 321 g/mol. The van der Waals surface area contributed by atoms with Crippen LogP contribution in [0.25, 0.3) is 10.2 Å². The van der Waals surface area contributed by atoms with E-state index in [1.54, 1.807) is 23.5 Å². The molecular weight excluding hydrogens is 311 g/mol. The number of nitrogens with zero attached hydrogens (tertiary/aromatic N) is 2. The van der Waals surface area contributed by atoms with Crippen LogP contribution >= 0.6 is 22.9 Å². The molecule has 0 spiro atoms. The van der Waals surface area contributed by atoms with Gasteiger partial charge in [0.2, 0.25) is 0 Å². The quantitative estimate of drug-likeness (QED) is 0.753. The zero-order valence-corrected chi connectivity index (χ0v) is 12.4. The fraction of sp³-hybridized carbons (Fsp3) is 0.143. The van der Waals surface area contributed by atoms with Gasteiger partial charge in [0.1, 0.15) is 22.8 Å². The SMILES string of the molecule is Fc1ccc(Nc2ncnc3sc4c(c23)CNC4)cc1Cl. The van der Waals surface area contributed by atoms with Gasteiger partial charge in [0.05, 0.1) is 10.4 Å². The monoisotopic (exact) mass is 320 g/mol. The first-order chi connectivity index (χ1) is 10.2. The summed E-state index contributed by atoms with van der Waals surface area (Å²) < 4.78 is 13.2. The average Bonchev–Trinajstić information content (AvgIpc) is 3.03. The predicted molar refractivity (Wildman–Crippen MR) is 82.7 cm³/mol. The van der Waals surface area contributed by atoms with Gasteiger partial charge in [-0.2, -0.15) is 0 Å². The Labute approximate surface area is 129 Å². The summed E-state index contributed by atoms with van der Waals surface area (Å²) in [5, 5.41) is 7.65. The second-order valence-corrected chi connectivity index (χ2v) is 6.25. The molecule has 2 N–H and O–H groups in total. The highest BCUT2D eigenvalue weighted by molar-refractivity contribution is 7.19. The number of hydrogen-bond acceptors (Lipinski definition) is 5. The van der Waals surface area contributed by atoms with E-state index in [1.807, 2.05) is 0 Å². The zero-order chi connectivity index (χ0) is 14.4. The van der Waals surface area contributed by atoms with Gasteiger partial charge in [-0.3, -0.25) is 0 Å². The highest BCUT2D eigenvalue weighted by atomic mass is 35.5. The van der Waals surface area contributed by atoms with Crippen molar-refractivity contribution in [1.29, 1.82) is 0 Å². The number of anilines is 2. The van der Waals surface area contributed by atoms with E-state index in [9.17, 15) is 4.39 Å². The maximum Gasteiger partial charge on any atom is 0.142 e. The summed E-state index contributed by atoms with van der Waals surface area (Å²) in [5.41, 5.74) is 1.94. The molecule has 2 aromatic heterocycles. The largest absolute Gasteiger partial charge is 0.340 e. The van der Waals surface area contributed by atoms with Gasteiger partial charge in [-0.15, -0.1) is 11.3 Å². The van der Waals surface area contributed by atoms with E-state index in [0.29, 0.717) is 5.69 Å². The second kappa shape index (κ2) is 4.91. The Kier molecular flexibility index (Phi) is 3.02. The third-order valence-electron chi connectivity index (χ3n) is 3.44. The second-order valence-electron chi connectivity index (χ2n) is 4.76. The summed E-state index contributed by atoms with van der Waals surface area (Å²) >= 11 is 7.49. The molecule has 0 saturated heterocycles. The van der Waals surface area contributed by atoms with Crippen LogP contribution in [0.5, 0.6) is 0 Å². The van der Waals surface area contributed by atoms with Crippen LogP contribution in [0.4, 0.5) is 15.9 Å². The van der Waals surface area contributed by atoms with E-state index in [2.05, 4.69) is 20.6 Å². The molecule has 0 aliphatic carbocycles. The molecule has 0 radical (unpaired) electrons. The lowest BCUT2D eigenvalue weighted by atomic mass is 10.2. The minimum Gasteiger partial charge on any atom is -0.340 e. The Hall–Kier alpha value is -1.76. The van der Waals surface area contributed by atoms with Crippen molar-refractivity contribution in [2.45, 2.75) is 13.1 Å². The molecule has 3 aromatic rings. The summed E-state index contributed by atoms with van der Waals surface area (Å²) in [6.07, 6.45) is 1.54. The van der Waals surface area contributed by atoms with Crippen LogP contribution < -0.4 is 10.6 Å². The maximum absolute atomic E-state index is 13.2. The van der Waals surface area contributed by atoms with Crippen LogP contribution in [0.1, 0.15) is 10.4 Å². The van der Waals surface area contributed by atoms with Crippen molar-refractivity contribution in [2.24, 2.45) is 0 Å². The Balaban J connectivity index is 1.81. The topological polar surface area (TPSA) is 49.8 Å². The first kappa shape index (κ1) is 12.9. The Morgan fingerprint density at radius 2 is 2.19 bits per heavy atom. The van der Waals surface area contributed by atoms with E-state index < -0.39 is 5.82 Å². The molecule has 0 atom stereocenters. The molecule has 0 bridgehead atoms. The van der Waals surface area contributed by atoms with Crippen molar-refractivity contribution in [2.75, 3.05) is 5.32 Å². The van der Waals surface area contributed by atoms with E-state index in [-0.39, 0.29) is 5.02 Å². The van der Waals surface area contributed by atoms with Crippen LogP contribution in [0.3, 0.4) is 0 Å². The normalized spacial score (nSPS) is 13.6. The van der Waals surface area contributed by atoms with Gasteiger partial charge in [-0.25, -0.2) is 14.4 Å². The van der Waals surface area contributed by atoms with Crippen molar-refractivity contribution in [3.63, 3.8) is 0 Å². The summed E-state index contributed by atoms with van der Waals surface area (Å²) in [4.78, 5) is 10.9. The van der Waals surface area contributed by atoms with Crippen LogP contribution in [0.15, 0.2) is 24.5 Å². The van der Waals surface area contributed by atoms with Crippen molar-refractivity contribution in [3.8, 4) is 0 Å². The molecule has 1 aliphatic rings. The maximum atomic E-state index is 13.2. The standard InChI is InChI=1S/C14H10ClFN4S/c15-9-3-7(1-2-10(9)16)20-13-12-8-4-17-5-11(8)21-14(12)19-6-18-13/h1-3,6,17H,4-5H2,(H,18,19,20). The molecule has 4 rings (SSSR count). The summed E-state index contributed by atoms with van der Waals surface area (Å²) in [6.45, 7) is 1.69. The van der Waals surface area contributed by atoms with Crippen LogP contribution in [0.2, 0.25) is 5.02 Å². The molecule has 3 heterocycles. The fourth-order valence-electron chi connectivity index (χ4n) is 2.47. The van der Waals surface area contributed by atoms with Gasteiger partial charge in [-0.05, 0) is 23.8 Å². The lowest BCUT2D eigenvalue weighted by Crippen LogP contribution is -2.02. The minimum absolute atomic E-state index is 0.0857. The highest BCUT2D eigenvalue weighted by Gasteiger charge is 2.20. The first-order valence-corrected chi connectivity index (χ1v) is 7.60. The van der Waals surface area contributed by atoms with Crippen molar-refractivity contribution >= 4 is 44.7 Å². The van der Waals surface area contributed by atoms with Gasteiger partial charge in [0.25, 0.3) is 0 Å². The summed E-state index contributed by atoms with van der Waals surface area (Å²) in [5.74, 6) is 0.291. The molecule has 106 valence electrons. The highest BCUT2D eigenvalue weighted by Crippen LogP contribution is 2.37. The van der Waals surface area contributed by atoms with Crippen molar-refractivity contribution in [3.05, 3.63) is 45.8 Å². The first-order valence-electron chi connectivity index (χ1n) is 6.40. The number of aromatic nitrogens is 2. The van der Waals surface area contributed by atoms with Gasteiger partial charge < -0.3 is 10.6 Å². The van der Waals surface area contributed by atoms with Gasteiger partial charge in [0.15, 0.2) is 0 Å². The van der Waals surface area contributed by atoms with Crippen molar-refractivity contribution < 1.29 is 4.39 Å². The third kappa shape index (κ3) is 2.16. The number of halogens is 2. The lowest BCUT2D eigenvalue weighted by Gasteiger charge is -2.08. The van der Waals surface area contributed by atoms with E-state index in [0.717, 1.165) is 29.1 Å². The lowest BCUT2D eigenvalue weighted by molar-refractivity contribution is 0.628. The van der Waals surface area contributed by atoms with Crippen molar-refractivity contribution in [1.82, 2.24) is 15.3 Å². The molecule has 0 fully saturated rings. The van der Waals surface area contributed by atoms with E-state index >= 15 is 0 Å². The number of benzene rings is 1. The Bertz CT molecular complexity index is 848. The zero-order valence-electron chi connectivity index (χ0n) is 10.8. The van der Waals surface area contributed by atoms with Gasteiger partial charge in [0, 0.05) is 23.7 Å². The van der Waals surface area contributed by atoms with Crippen LogP contribution in [0, 0.1) is 5.82 Å². The smallest absolute Gasteiger partial charge is 0.142 e. The number of hydrogen-bond donors (Lipinski definition) is 2. The van der Waals surface area contributed by atoms with Gasteiger partial charge in [-0.1, -0.05) is 11.6 Å².